The average molecular weight is 336 g/mol. The van der Waals surface area contributed by atoms with Crippen molar-refractivity contribution in [1.29, 1.82) is 5.26 Å². The van der Waals surface area contributed by atoms with Crippen LogP contribution in [-0.4, -0.2) is 55.2 Å². The molecule has 3 heterocycles. The molecule has 6 heteroatoms. The van der Waals surface area contributed by atoms with Crippen LogP contribution in [0.2, 0.25) is 0 Å². The topological polar surface area (TPSA) is 55.2 Å². The normalized spacial score (nSPS) is 23.8. The molecule has 0 aliphatic carbocycles. The first-order valence-corrected chi connectivity index (χ1v) is 7.82. The van der Waals surface area contributed by atoms with Crippen LogP contribution in [0.15, 0.2) is 16.7 Å². The van der Waals surface area contributed by atoms with Gasteiger partial charge >= 0.3 is 0 Å². The fourth-order valence-electron chi connectivity index (χ4n) is 3.02. The highest BCUT2D eigenvalue weighted by Crippen LogP contribution is 2.23. The number of nitriles is 1. The number of aromatic nitrogens is 1. The highest BCUT2D eigenvalue weighted by atomic mass is 79.9. The molecule has 2 saturated heterocycles. The van der Waals surface area contributed by atoms with E-state index < -0.39 is 0 Å². The van der Waals surface area contributed by atoms with Gasteiger partial charge in [-0.1, -0.05) is 0 Å². The molecule has 0 saturated carbocycles. The molecule has 0 bridgehead atoms. The lowest BCUT2D eigenvalue weighted by Gasteiger charge is -2.38. The Bertz CT molecular complexity index is 513. The minimum absolute atomic E-state index is 0.648. The first-order chi connectivity index (χ1) is 9.78. The third-order valence-electron chi connectivity index (χ3n) is 4.12. The molecular weight excluding hydrogens is 318 g/mol. The lowest BCUT2D eigenvalue weighted by Crippen LogP contribution is -2.51. The van der Waals surface area contributed by atoms with E-state index in [1.165, 1.54) is 6.42 Å². The number of piperazine rings is 1. The molecule has 1 atom stereocenters. The zero-order valence-electron chi connectivity index (χ0n) is 11.3. The van der Waals surface area contributed by atoms with Gasteiger partial charge in [-0.3, -0.25) is 4.90 Å². The number of nitrogens with zero attached hydrogens (tertiary/aromatic N) is 4. The van der Waals surface area contributed by atoms with Crippen molar-refractivity contribution in [3.63, 3.8) is 0 Å². The van der Waals surface area contributed by atoms with Crippen molar-refractivity contribution < 1.29 is 0 Å². The summed E-state index contributed by atoms with van der Waals surface area (Å²) in [6.45, 7) is 6.24. The Morgan fingerprint density at radius 2 is 2.15 bits per heavy atom. The Kier molecular flexibility index (Phi) is 4.20. The van der Waals surface area contributed by atoms with Crippen LogP contribution in [-0.2, 0) is 0 Å². The van der Waals surface area contributed by atoms with Gasteiger partial charge in [0, 0.05) is 49.4 Å². The maximum absolute atomic E-state index is 9.24. The predicted molar refractivity (Wildman–Crippen MR) is 81.7 cm³/mol. The molecule has 3 rings (SSSR count). The lowest BCUT2D eigenvalue weighted by molar-refractivity contribution is 0.196. The number of nitrogens with one attached hydrogen (secondary N) is 1. The molecule has 0 aromatic carbocycles. The first kappa shape index (κ1) is 13.8. The van der Waals surface area contributed by atoms with E-state index in [-0.39, 0.29) is 0 Å². The fourth-order valence-corrected chi connectivity index (χ4v) is 3.35. The Labute approximate surface area is 127 Å². The molecule has 1 aromatic heterocycles. The minimum atomic E-state index is 0.648. The molecule has 2 fully saturated rings. The van der Waals surface area contributed by atoms with E-state index in [9.17, 15) is 5.26 Å². The number of hydrogen-bond acceptors (Lipinski definition) is 5. The number of pyridine rings is 1. The number of hydrogen-bond donors (Lipinski definition) is 1. The van der Waals surface area contributed by atoms with Crippen molar-refractivity contribution in [2.75, 3.05) is 44.2 Å². The first-order valence-electron chi connectivity index (χ1n) is 7.03. The second-order valence-electron chi connectivity index (χ2n) is 5.31. The smallest absolute Gasteiger partial charge is 0.146 e. The van der Waals surface area contributed by atoms with Gasteiger partial charge in [0.15, 0.2) is 0 Å². The number of anilines is 1. The highest BCUT2D eigenvalue weighted by Gasteiger charge is 2.27. The van der Waals surface area contributed by atoms with Crippen LogP contribution in [0.4, 0.5) is 5.82 Å². The quantitative estimate of drug-likeness (QED) is 0.880. The van der Waals surface area contributed by atoms with Crippen molar-refractivity contribution in [2.24, 2.45) is 0 Å². The van der Waals surface area contributed by atoms with Crippen LogP contribution in [0.5, 0.6) is 0 Å². The van der Waals surface area contributed by atoms with Gasteiger partial charge in [0.25, 0.3) is 0 Å². The number of rotatable bonds is 2. The molecule has 20 heavy (non-hydrogen) atoms. The Balaban J connectivity index is 1.67. The maximum Gasteiger partial charge on any atom is 0.146 e. The summed E-state index contributed by atoms with van der Waals surface area (Å²) in [6.07, 6.45) is 3.02. The molecule has 0 radical (unpaired) electrons. The van der Waals surface area contributed by atoms with Crippen LogP contribution in [0.3, 0.4) is 0 Å². The van der Waals surface area contributed by atoms with E-state index in [1.54, 1.807) is 6.20 Å². The molecule has 1 N–H and O–H groups in total. The summed E-state index contributed by atoms with van der Waals surface area (Å²) in [5.41, 5.74) is 0.648. The van der Waals surface area contributed by atoms with Gasteiger partial charge in [-0.05, 0) is 35.0 Å². The Hall–Kier alpha value is -1.16. The second-order valence-corrected chi connectivity index (χ2v) is 6.22. The van der Waals surface area contributed by atoms with Crippen molar-refractivity contribution in [3.05, 3.63) is 22.3 Å². The van der Waals surface area contributed by atoms with Gasteiger partial charge in [-0.2, -0.15) is 5.26 Å². The van der Waals surface area contributed by atoms with Gasteiger partial charge in [0.1, 0.15) is 11.9 Å². The average Bonchev–Trinajstić information content (AvgIpc) is 3.01. The Morgan fingerprint density at radius 3 is 2.80 bits per heavy atom. The maximum atomic E-state index is 9.24. The predicted octanol–water partition coefficient (Wildman–Crippen LogP) is 1.20. The van der Waals surface area contributed by atoms with E-state index in [1.807, 2.05) is 6.07 Å². The van der Waals surface area contributed by atoms with Crippen molar-refractivity contribution in [2.45, 2.75) is 12.5 Å². The molecule has 1 aromatic rings. The van der Waals surface area contributed by atoms with Crippen LogP contribution in [0, 0.1) is 11.3 Å². The van der Waals surface area contributed by atoms with Gasteiger partial charge in [-0.25, -0.2) is 4.98 Å². The molecule has 2 aliphatic rings. The third kappa shape index (κ3) is 2.80. The van der Waals surface area contributed by atoms with Crippen molar-refractivity contribution in [1.82, 2.24) is 15.2 Å². The van der Waals surface area contributed by atoms with Crippen LogP contribution in [0.25, 0.3) is 0 Å². The van der Waals surface area contributed by atoms with Gasteiger partial charge in [0.2, 0.25) is 0 Å². The molecule has 0 amide bonds. The number of halogens is 1. The van der Waals surface area contributed by atoms with E-state index in [4.69, 9.17) is 0 Å². The summed E-state index contributed by atoms with van der Waals surface area (Å²) in [4.78, 5) is 9.20. The van der Waals surface area contributed by atoms with E-state index in [2.05, 4.69) is 42.1 Å². The summed E-state index contributed by atoms with van der Waals surface area (Å²) in [5, 5.41) is 12.7. The van der Waals surface area contributed by atoms with Crippen LogP contribution >= 0.6 is 15.9 Å². The fraction of sp³-hybridized carbons (Fsp3) is 0.571. The molecule has 5 nitrogen and oxygen atoms in total. The third-order valence-corrected chi connectivity index (χ3v) is 4.55. The lowest BCUT2D eigenvalue weighted by atomic mass is 10.1. The van der Waals surface area contributed by atoms with E-state index in [0.717, 1.165) is 49.6 Å². The van der Waals surface area contributed by atoms with Gasteiger partial charge < -0.3 is 10.2 Å². The summed E-state index contributed by atoms with van der Waals surface area (Å²) < 4.78 is 0.855. The summed E-state index contributed by atoms with van der Waals surface area (Å²) >= 11 is 3.37. The van der Waals surface area contributed by atoms with Gasteiger partial charge in [0.05, 0.1) is 5.56 Å². The van der Waals surface area contributed by atoms with Crippen molar-refractivity contribution >= 4 is 21.7 Å². The monoisotopic (exact) mass is 335 g/mol. The zero-order chi connectivity index (χ0) is 13.9. The Morgan fingerprint density at radius 1 is 1.35 bits per heavy atom. The van der Waals surface area contributed by atoms with Crippen LogP contribution in [0.1, 0.15) is 12.0 Å². The molecule has 0 spiro atoms. The van der Waals surface area contributed by atoms with Crippen LogP contribution < -0.4 is 10.2 Å². The standard InChI is InChI=1S/C14H18BrN5/c15-12-7-11(8-16)14(18-9-12)20-5-3-19(4-6-20)13-1-2-17-10-13/h7,9,13,17H,1-6,10H2. The zero-order valence-corrected chi connectivity index (χ0v) is 12.9. The second kappa shape index (κ2) is 6.08. The largest absolute Gasteiger partial charge is 0.353 e. The summed E-state index contributed by atoms with van der Waals surface area (Å²) in [5.74, 6) is 0.819. The highest BCUT2D eigenvalue weighted by molar-refractivity contribution is 9.10. The SMILES string of the molecule is N#Cc1cc(Br)cnc1N1CCN(C2CCNC2)CC1. The molecule has 106 valence electrons. The summed E-state index contributed by atoms with van der Waals surface area (Å²) in [6, 6.07) is 4.77. The molecule has 2 aliphatic heterocycles. The summed E-state index contributed by atoms with van der Waals surface area (Å²) in [7, 11) is 0. The van der Waals surface area contributed by atoms with Crippen molar-refractivity contribution in [3.8, 4) is 6.07 Å². The minimum Gasteiger partial charge on any atom is -0.353 e. The molecule has 1 unspecified atom stereocenters. The van der Waals surface area contributed by atoms with E-state index in [0.29, 0.717) is 11.6 Å². The van der Waals surface area contributed by atoms with Gasteiger partial charge in [-0.15, -0.1) is 0 Å². The van der Waals surface area contributed by atoms with E-state index >= 15 is 0 Å². The molecular formula is C14H18BrN5.